The van der Waals surface area contributed by atoms with Crippen molar-refractivity contribution in [2.45, 2.75) is 13.0 Å². The molecule has 1 aromatic rings. The van der Waals surface area contributed by atoms with Crippen LogP contribution >= 0.6 is 11.6 Å². The minimum absolute atomic E-state index is 0.196. The first-order chi connectivity index (χ1) is 7.95. The first-order valence-electron chi connectivity index (χ1n) is 5.26. The third kappa shape index (κ3) is 3.61. The minimum Gasteiger partial charge on any atom is -0.376 e. The van der Waals surface area contributed by atoms with E-state index in [0.717, 1.165) is 5.69 Å². The summed E-state index contributed by atoms with van der Waals surface area (Å²) in [4.78, 5) is 13.6. The van der Waals surface area contributed by atoms with Crippen LogP contribution in [-0.4, -0.2) is 33.2 Å². The highest BCUT2D eigenvalue weighted by Crippen LogP contribution is 2.27. The summed E-state index contributed by atoms with van der Waals surface area (Å²) in [6, 6.07) is 5.36. The number of methoxy groups -OCH3 is 1. The Morgan fingerprint density at radius 1 is 1.47 bits per heavy atom. The van der Waals surface area contributed by atoms with E-state index in [9.17, 15) is 4.79 Å². The van der Waals surface area contributed by atoms with E-state index >= 15 is 0 Å². The molecule has 0 aliphatic heterocycles. The molecule has 0 heterocycles. The van der Waals surface area contributed by atoms with Crippen molar-refractivity contribution in [3.63, 3.8) is 0 Å². The van der Waals surface area contributed by atoms with Gasteiger partial charge in [0.1, 0.15) is 6.10 Å². The molecule has 17 heavy (non-hydrogen) atoms. The van der Waals surface area contributed by atoms with Crippen LogP contribution in [0.4, 0.5) is 11.4 Å². The molecule has 1 rings (SSSR count). The molecule has 1 N–H and O–H groups in total. The fourth-order valence-corrected chi connectivity index (χ4v) is 1.51. The molecule has 0 aliphatic rings. The Hall–Kier alpha value is -1.26. The number of carbonyl (C=O) groups is 1. The molecule has 0 saturated carbocycles. The number of anilines is 2. The first-order valence-corrected chi connectivity index (χ1v) is 5.64. The topological polar surface area (TPSA) is 41.6 Å². The van der Waals surface area contributed by atoms with Crippen molar-refractivity contribution in [1.29, 1.82) is 0 Å². The van der Waals surface area contributed by atoms with Gasteiger partial charge in [-0.25, -0.2) is 0 Å². The lowest BCUT2D eigenvalue weighted by molar-refractivity contribution is -0.124. The number of amides is 1. The number of halogens is 1. The summed E-state index contributed by atoms with van der Waals surface area (Å²) in [6.07, 6.45) is -0.496. The van der Waals surface area contributed by atoms with Gasteiger partial charge < -0.3 is 15.0 Å². The fraction of sp³-hybridized carbons (Fsp3) is 0.417. The molecule has 1 amide bonds. The van der Waals surface area contributed by atoms with Gasteiger partial charge in [-0.3, -0.25) is 4.79 Å². The van der Waals surface area contributed by atoms with Crippen molar-refractivity contribution in [2.75, 3.05) is 31.4 Å². The molecule has 94 valence electrons. The largest absolute Gasteiger partial charge is 0.376 e. The van der Waals surface area contributed by atoms with Crippen molar-refractivity contribution < 1.29 is 9.53 Å². The van der Waals surface area contributed by atoms with Gasteiger partial charge in [0, 0.05) is 26.2 Å². The van der Waals surface area contributed by atoms with E-state index in [0.29, 0.717) is 10.7 Å². The molecule has 0 bridgehead atoms. The lowest BCUT2D eigenvalue weighted by atomic mass is 10.2. The van der Waals surface area contributed by atoms with Gasteiger partial charge in [-0.15, -0.1) is 0 Å². The van der Waals surface area contributed by atoms with E-state index in [1.807, 2.05) is 25.1 Å². The second-order valence-corrected chi connectivity index (χ2v) is 4.36. The number of ether oxygens (including phenoxy) is 1. The predicted molar refractivity (Wildman–Crippen MR) is 70.9 cm³/mol. The predicted octanol–water partition coefficient (Wildman–Crippen LogP) is 2.38. The molecular weight excluding hydrogens is 240 g/mol. The molecule has 0 saturated heterocycles. The molecule has 1 unspecified atom stereocenters. The monoisotopic (exact) mass is 256 g/mol. The van der Waals surface area contributed by atoms with Gasteiger partial charge in [-0.2, -0.15) is 0 Å². The van der Waals surface area contributed by atoms with Gasteiger partial charge in [0.25, 0.3) is 5.91 Å². The standard InChI is InChI=1S/C12H17ClN2O2/c1-8(17-4)12(16)14-10-7-9(13)5-6-11(10)15(2)3/h5-8H,1-4H3,(H,14,16). The van der Waals surface area contributed by atoms with Crippen LogP contribution in [0.3, 0.4) is 0 Å². The average Bonchev–Trinajstić information content (AvgIpc) is 2.27. The molecule has 1 atom stereocenters. The maximum atomic E-state index is 11.7. The summed E-state index contributed by atoms with van der Waals surface area (Å²) in [7, 11) is 5.30. The first kappa shape index (κ1) is 13.8. The number of hydrogen-bond donors (Lipinski definition) is 1. The van der Waals surface area contributed by atoms with E-state index in [4.69, 9.17) is 16.3 Å². The van der Waals surface area contributed by atoms with Crippen molar-refractivity contribution in [1.82, 2.24) is 0 Å². The number of nitrogens with one attached hydrogen (secondary N) is 1. The van der Waals surface area contributed by atoms with E-state index in [-0.39, 0.29) is 5.91 Å². The molecule has 0 aliphatic carbocycles. The Kier molecular flexibility index (Phi) is 4.78. The van der Waals surface area contributed by atoms with Crippen LogP contribution in [0.2, 0.25) is 5.02 Å². The molecule has 1 aromatic carbocycles. The van der Waals surface area contributed by atoms with E-state index in [1.54, 1.807) is 19.1 Å². The summed E-state index contributed by atoms with van der Waals surface area (Å²) < 4.78 is 4.96. The van der Waals surface area contributed by atoms with Crippen LogP contribution < -0.4 is 10.2 Å². The van der Waals surface area contributed by atoms with E-state index < -0.39 is 6.10 Å². The van der Waals surface area contributed by atoms with Crippen LogP contribution in [0.25, 0.3) is 0 Å². The third-order valence-electron chi connectivity index (χ3n) is 2.42. The highest BCUT2D eigenvalue weighted by atomic mass is 35.5. The fourth-order valence-electron chi connectivity index (χ4n) is 1.34. The molecule has 5 heteroatoms. The average molecular weight is 257 g/mol. The Bertz CT molecular complexity index is 407. The minimum atomic E-state index is -0.496. The Labute approximate surface area is 107 Å². The van der Waals surface area contributed by atoms with Gasteiger partial charge in [-0.05, 0) is 25.1 Å². The zero-order chi connectivity index (χ0) is 13.0. The second kappa shape index (κ2) is 5.89. The van der Waals surface area contributed by atoms with Gasteiger partial charge in [0.2, 0.25) is 0 Å². The lowest BCUT2D eigenvalue weighted by Gasteiger charge is -2.19. The summed E-state index contributed by atoms with van der Waals surface area (Å²) in [5, 5.41) is 3.37. The third-order valence-corrected chi connectivity index (χ3v) is 2.66. The summed E-state index contributed by atoms with van der Waals surface area (Å²) in [5.74, 6) is -0.196. The van der Waals surface area contributed by atoms with E-state index in [2.05, 4.69) is 5.32 Å². The lowest BCUT2D eigenvalue weighted by Crippen LogP contribution is -2.27. The Morgan fingerprint density at radius 2 is 2.12 bits per heavy atom. The van der Waals surface area contributed by atoms with Crippen LogP contribution in [0, 0.1) is 0 Å². The number of nitrogens with zero attached hydrogens (tertiary/aromatic N) is 1. The number of hydrogen-bond acceptors (Lipinski definition) is 3. The molecule has 0 aromatic heterocycles. The van der Waals surface area contributed by atoms with Crippen LogP contribution in [0.15, 0.2) is 18.2 Å². The SMILES string of the molecule is COC(C)C(=O)Nc1cc(Cl)ccc1N(C)C. The molecule has 0 fully saturated rings. The van der Waals surface area contributed by atoms with Crippen molar-refractivity contribution in [3.8, 4) is 0 Å². The number of rotatable bonds is 4. The Balaban J connectivity index is 2.96. The Morgan fingerprint density at radius 3 is 2.65 bits per heavy atom. The quantitative estimate of drug-likeness (QED) is 0.899. The van der Waals surface area contributed by atoms with Crippen molar-refractivity contribution in [2.24, 2.45) is 0 Å². The smallest absolute Gasteiger partial charge is 0.253 e. The molecule has 0 spiro atoms. The summed E-state index contributed by atoms with van der Waals surface area (Å²) in [6.45, 7) is 1.69. The maximum Gasteiger partial charge on any atom is 0.253 e. The van der Waals surface area contributed by atoms with Gasteiger partial charge in [0.05, 0.1) is 11.4 Å². The van der Waals surface area contributed by atoms with Crippen molar-refractivity contribution in [3.05, 3.63) is 23.2 Å². The van der Waals surface area contributed by atoms with Crippen LogP contribution in [0.1, 0.15) is 6.92 Å². The van der Waals surface area contributed by atoms with Crippen molar-refractivity contribution >= 4 is 28.9 Å². The number of benzene rings is 1. The molecule has 4 nitrogen and oxygen atoms in total. The molecular formula is C12H17ClN2O2. The summed E-state index contributed by atoms with van der Waals surface area (Å²) in [5.41, 5.74) is 1.57. The van der Waals surface area contributed by atoms with Gasteiger partial charge in [0.15, 0.2) is 0 Å². The van der Waals surface area contributed by atoms with E-state index in [1.165, 1.54) is 7.11 Å². The zero-order valence-electron chi connectivity index (χ0n) is 10.5. The van der Waals surface area contributed by atoms with Gasteiger partial charge >= 0.3 is 0 Å². The zero-order valence-corrected chi connectivity index (χ0v) is 11.2. The second-order valence-electron chi connectivity index (χ2n) is 3.92. The number of carbonyl (C=O) groups excluding carboxylic acids is 1. The summed E-state index contributed by atoms with van der Waals surface area (Å²) >= 11 is 5.92. The maximum absolute atomic E-state index is 11.7. The highest BCUT2D eigenvalue weighted by molar-refractivity contribution is 6.31. The van der Waals surface area contributed by atoms with Gasteiger partial charge in [-0.1, -0.05) is 11.6 Å². The van der Waals surface area contributed by atoms with Crippen LogP contribution in [0.5, 0.6) is 0 Å². The van der Waals surface area contributed by atoms with Crippen LogP contribution in [-0.2, 0) is 9.53 Å². The highest BCUT2D eigenvalue weighted by Gasteiger charge is 2.14. The normalized spacial score (nSPS) is 12.1. The molecule has 0 radical (unpaired) electrons.